The third-order valence-electron chi connectivity index (χ3n) is 6.23. The van der Waals surface area contributed by atoms with Gasteiger partial charge in [0.25, 0.3) is 5.91 Å². The van der Waals surface area contributed by atoms with E-state index < -0.39 is 6.04 Å². The highest BCUT2D eigenvalue weighted by Gasteiger charge is 2.40. The molecule has 0 bridgehead atoms. The Bertz CT molecular complexity index is 871. The van der Waals surface area contributed by atoms with Crippen LogP contribution in [0, 0.1) is 0 Å². The molecule has 1 aliphatic heterocycles. The number of para-hydroxylation sites is 1. The van der Waals surface area contributed by atoms with Gasteiger partial charge in [0.05, 0.1) is 5.52 Å². The second-order valence-corrected chi connectivity index (χ2v) is 9.29. The Hall–Kier alpha value is -2.06. The summed E-state index contributed by atoms with van der Waals surface area (Å²) in [6.07, 6.45) is 4.71. The Morgan fingerprint density at radius 1 is 1.24 bits per heavy atom. The molecular formula is C21H29N5O2S. The summed E-state index contributed by atoms with van der Waals surface area (Å²) in [5.74, 6) is 1.85. The number of aromatic amines is 1. The average Bonchev–Trinajstić information content (AvgIpc) is 3.40. The van der Waals surface area contributed by atoms with E-state index in [4.69, 9.17) is 0 Å². The van der Waals surface area contributed by atoms with Crippen molar-refractivity contribution >= 4 is 34.5 Å². The number of nitrogens with zero attached hydrogens (tertiary/aromatic N) is 2. The fourth-order valence-corrected chi connectivity index (χ4v) is 5.45. The molecule has 29 heavy (non-hydrogen) atoms. The molecule has 8 heteroatoms. The fraction of sp³-hybridized carbons (Fsp3) is 0.571. The smallest absolute Gasteiger partial charge is 0.273 e. The first-order valence-corrected chi connectivity index (χ1v) is 11.6. The first kappa shape index (κ1) is 20.2. The summed E-state index contributed by atoms with van der Waals surface area (Å²) in [5, 5.41) is 13.6. The van der Waals surface area contributed by atoms with E-state index in [9.17, 15) is 9.59 Å². The third-order valence-corrected chi connectivity index (χ3v) is 7.18. The predicted molar refractivity (Wildman–Crippen MR) is 116 cm³/mol. The second-order valence-electron chi connectivity index (χ2n) is 8.06. The van der Waals surface area contributed by atoms with Gasteiger partial charge in [-0.15, -0.1) is 0 Å². The van der Waals surface area contributed by atoms with Crippen LogP contribution >= 0.6 is 11.8 Å². The minimum Gasteiger partial charge on any atom is -0.352 e. The van der Waals surface area contributed by atoms with E-state index >= 15 is 0 Å². The molecule has 2 amide bonds. The lowest BCUT2D eigenvalue weighted by Crippen LogP contribution is -2.58. The van der Waals surface area contributed by atoms with Gasteiger partial charge in [-0.2, -0.15) is 16.9 Å². The lowest BCUT2D eigenvalue weighted by atomic mass is 9.94. The van der Waals surface area contributed by atoms with E-state index in [1.54, 1.807) is 6.92 Å². The zero-order chi connectivity index (χ0) is 20.3. The zero-order valence-electron chi connectivity index (χ0n) is 16.9. The van der Waals surface area contributed by atoms with Crippen molar-refractivity contribution in [3.05, 3.63) is 30.0 Å². The minimum atomic E-state index is -0.617. The lowest BCUT2D eigenvalue weighted by molar-refractivity contribution is -0.123. The van der Waals surface area contributed by atoms with E-state index in [-0.39, 0.29) is 17.4 Å². The molecular weight excluding hydrogens is 386 g/mol. The third kappa shape index (κ3) is 4.28. The van der Waals surface area contributed by atoms with Gasteiger partial charge < -0.3 is 10.6 Å². The highest BCUT2D eigenvalue weighted by atomic mass is 32.2. The van der Waals surface area contributed by atoms with Crippen molar-refractivity contribution < 1.29 is 9.59 Å². The molecule has 1 saturated carbocycles. The van der Waals surface area contributed by atoms with E-state index in [0.29, 0.717) is 12.2 Å². The first-order valence-electron chi connectivity index (χ1n) is 10.4. The molecule has 1 aliphatic carbocycles. The maximum atomic E-state index is 12.7. The topological polar surface area (TPSA) is 90.1 Å². The maximum Gasteiger partial charge on any atom is 0.273 e. The number of H-pyrrole nitrogens is 1. The second kappa shape index (κ2) is 8.75. The molecule has 0 radical (unpaired) electrons. The summed E-state index contributed by atoms with van der Waals surface area (Å²) < 4.78 is 0. The zero-order valence-corrected chi connectivity index (χ0v) is 17.7. The summed E-state index contributed by atoms with van der Waals surface area (Å²) in [7, 11) is 0. The summed E-state index contributed by atoms with van der Waals surface area (Å²) in [6.45, 7) is 4.57. The van der Waals surface area contributed by atoms with E-state index in [1.165, 1.54) is 24.3 Å². The number of nitrogens with one attached hydrogen (secondary N) is 3. The van der Waals surface area contributed by atoms with Crippen LogP contribution in [0.2, 0.25) is 0 Å². The SMILES string of the molecule is CC(NC(=O)c1n[nH]c2ccccc12)C(=O)NCC1(N2CCSCC2)CCCC1. The number of aromatic nitrogens is 2. The van der Waals surface area contributed by atoms with Crippen molar-refractivity contribution in [3.8, 4) is 0 Å². The number of fused-ring (bicyclic) bond motifs is 1. The molecule has 0 spiro atoms. The number of carbonyl (C=O) groups excluding carboxylic acids is 2. The normalized spacial score (nSPS) is 20.4. The van der Waals surface area contributed by atoms with Gasteiger partial charge in [-0.25, -0.2) is 0 Å². The molecule has 4 rings (SSSR count). The summed E-state index contributed by atoms with van der Waals surface area (Å²) in [5.41, 5.74) is 1.20. The Morgan fingerprint density at radius 3 is 2.72 bits per heavy atom. The number of carbonyl (C=O) groups is 2. The van der Waals surface area contributed by atoms with Crippen molar-refractivity contribution in [2.24, 2.45) is 0 Å². The molecule has 7 nitrogen and oxygen atoms in total. The van der Waals surface area contributed by atoms with E-state index in [0.717, 1.165) is 36.8 Å². The van der Waals surface area contributed by atoms with Crippen LogP contribution in [0.25, 0.3) is 10.9 Å². The average molecular weight is 416 g/mol. The maximum absolute atomic E-state index is 12.7. The number of rotatable bonds is 6. The Balaban J connectivity index is 1.36. The largest absolute Gasteiger partial charge is 0.352 e. The van der Waals surface area contributed by atoms with E-state index in [2.05, 4.69) is 25.7 Å². The molecule has 2 aromatic rings. The monoisotopic (exact) mass is 415 g/mol. The number of amides is 2. The Labute approximate surface area is 175 Å². The highest BCUT2D eigenvalue weighted by molar-refractivity contribution is 7.99. The lowest BCUT2D eigenvalue weighted by Gasteiger charge is -2.43. The number of hydrogen-bond acceptors (Lipinski definition) is 5. The molecule has 2 heterocycles. The van der Waals surface area contributed by atoms with Crippen molar-refractivity contribution in [2.75, 3.05) is 31.1 Å². The van der Waals surface area contributed by atoms with Crippen LogP contribution < -0.4 is 10.6 Å². The van der Waals surface area contributed by atoms with Crippen molar-refractivity contribution in [1.82, 2.24) is 25.7 Å². The predicted octanol–water partition coefficient (Wildman–Crippen LogP) is 2.16. The van der Waals surface area contributed by atoms with Gasteiger partial charge in [0.2, 0.25) is 5.91 Å². The summed E-state index contributed by atoms with van der Waals surface area (Å²) in [4.78, 5) is 27.9. The van der Waals surface area contributed by atoms with Crippen molar-refractivity contribution in [2.45, 2.75) is 44.2 Å². The fourth-order valence-electron chi connectivity index (χ4n) is 4.55. The van der Waals surface area contributed by atoms with E-state index in [1.807, 2.05) is 36.0 Å². The van der Waals surface area contributed by atoms with Crippen LogP contribution in [0.3, 0.4) is 0 Å². The molecule has 2 aliphatic rings. The Morgan fingerprint density at radius 2 is 1.97 bits per heavy atom. The van der Waals surface area contributed by atoms with Crippen LogP contribution in [-0.2, 0) is 4.79 Å². The van der Waals surface area contributed by atoms with Crippen molar-refractivity contribution in [1.29, 1.82) is 0 Å². The highest BCUT2D eigenvalue weighted by Crippen LogP contribution is 2.36. The van der Waals surface area contributed by atoms with Crippen LogP contribution in [0.15, 0.2) is 24.3 Å². The molecule has 3 N–H and O–H groups in total. The van der Waals surface area contributed by atoms with Crippen LogP contribution in [0.1, 0.15) is 43.1 Å². The number of thioether (sulfide) groups is 1. The van der Waals surface area contributed by atoms with Gasteiger partial charge in [-0.05, 0) is 25.8 Å². The molecule has 2 fully saturated rings. The molecule has 1 atom stereocenters. The Kier molecular flexibility index (Phi) is 6.10. The van der Waals surface area contributed by atoms with Gasteiger partial charge >= 0.3 is 0 Å². The molecule has 1 saturated heterocycles. The molecule has 1 aromatic heterocycles. The van der Waals surface area contributed by atoms with Gasteiger partial charge in [0.15, 0.2) is 5.69 Å². The van der Waals surface area contributed by atoms with Gasteiger partial charge in [0.1, 0.15) is 6.04 Å². The molecule has 1 aromatic carbocycles. The van der Waals surface area contributed by atoms with Crippen LogP contribution in [0.5, 0.6) is 0 Å². The number of benzene rings is 1. The first-order chi connectivity index (χ1) is 14.1. The quantitative estimate of drug-likeness (QED) is 0.673. The van der Waals surface area contributed by atoms with Gasteiger partial charge in [-0.3, -0.25) is 19.6 Å². The van der Waals surface area contributed by atoms with Crippen LogP contribution in [-0.4, -0.2) is 69.6 Å². The summed E-state index contributed by atoms with van der Waals surface area (Å²) in [6, 6.07) is 6.85. The summed E-state index contributed by atoms with van der Waals surface area (Å²) >= 11 is 2.01. The minimum absolute atomic E-state index is 0.0821. The number of hydrogen-bond donors (Lipinski definition) is 3. The van der Waals surface area contributed by atoms with Gasteiger partial charge in [0, 0.05) is 42.1 Å². The standard InChI is InChI=1S/C21H29N5O2S/c1-15(23-20(28)18-16-6-2-3-7-17(16)24-25-18)19(27)22-14-21(8-4-5-9-21)26-10-12-29-13-11-26/h2-3,6-7,15H,4-5,8-14H2,1H3,(H,22,27)(H,23,28)(H,24,25). The van der Waals surface area contributed by atoms with Crippen LogP contribution in [0.4, 0.5) is 0 Å². The van der Waals surface area contributed by atoms with Crippen molar-refractivity contribution in [3.63, 3.8) is 0 Å². The molecule has 156 valence electrons. The van der Waals surface area contributed by atoms with Gasteiger partial charge in [-0.1, -0.05) is 31.0 Å². The molecule has 1 unspecified atom stereocenters.